The maximum atomic E-state index is 12.8. The second kappa shape index (κ2) is 7.85. The number of nitrogens with zero attached hydrogens (tertiary/aromatic N) is 1. The molecule has 1 aliphatic carbocycles. The Labute approximate surface area is 154 Å². The topological polar surface area (TPSA) is 49.7 Å². The highest BCUT2D eigenvalue weighted by molar-refractivity contribution is 5.98. The molecule has 26 heavy (non-hydrogen) atoms. The third kappa shape index (κ3) is 3.43. The summed E-state index contributed by atoms with van der Waals surface area (Å²) in [4.78, 5) is 12.8. The first-order chi connectivity index (χ1) is 12.6. The maximum absolute atomic E-state index is 12.8. The van der Waals surface area contributed by atoms with Crippen LogP contribution in [0.3, 0.4) is 0 Å². The van der Waals surface area contributed by atoms with E-state index in [0.717, 1.165) is 17.0 Å². The Kier molecular flexibility index (Phi) is 5.55. The number of para-hydroxylation sites is 1. The van der Waals surface area contributed by atoms with Crippen molar-refractivity contribution in [1.82, 2.24) is 4.57 Å². The number of aromatic nitrogens is 1. The van der Waals surface area contributed by atoms with Gasteiger partial charge in [-0.05, 0) is 44.9 Å². The summed E-state index contributed by atoms with van der Waals surface area (Å²) in [6, 6.07) is 7.89. The molecule has 0 unspecified atom stereocenters. The molecular formula is C21H27NO4. The van der Waals surface area contributed by atoms with Crippen molar-refractivity contribution in [1.29, 1.82) is 0 Å². The van der Waals surface area contributed by atoms with Crippen LogP contribution in [0.25, 0.3) is 0 Å². The van der Waals surface area contributed by atoms with Crippen molar-refractivity contribution in [3.8, 4) is 17.2 Å². The minimum absolute atomic E-state index is 0.0211. The van der Waals surface area contributed by atoms with E-state index < -0.39 is 0 Å². The summed E-state index contributed by atoms with van der Waals surface area (Å²) >= 11 is 0. The Hall–Kier alpha value is -2.43. The van der Waals surface area contributed by atoms with Gasteiger partial charge >= 0.3 is 0 Å². The number of ether oxygens (including phenoxy) is 3. The monoisotopic (exact) mass is 357 g/mol. The number of methoxy groups -OCH3 is 2. The van der Waals surface area contributed by atoms with Gasteiger partial charge in [0.1, 0.15) is 0 Å². The molecule has 1 heterocycles. The van der Waals surface area contributed by atoms with E-state index in [4.69, 9.17) is 14.2 Å². The summed E-state index contributed by atoms with van der Waals surface area (Å²) in [6.45, 7) is 4.08. The van der Waals surface area contributed by atoms with Gasteiger partial charge in [-0.25, -0.2) is 0 Å². The van der Waals surface area contributed by atoms with Gasteiger partial charge < -0.3 is 18.8 Å². The summed E-state index contributed by atoms with van der Waals surface area (Å²) in [5.41, 5.74) is 2.94. The number of benzene rings is 1. The fourth-order valence-electron chi connectivity index (χ4n) is 3.98. The SMILES string of the molecule is COc1cccc(OCC(=O)c2cc(C)n(C3CCCC3)c2C)c1OC. The molecule has 5 heteroatoms. The lowest BCUT2D eigenvalue weighted by Gasteiger charge is -2.17. The third-order valence-corrected chi connectivity index (χ3v) is 5.20. The van der Waals surface area contributed by atoms with Crippen molar-refractivity contribution in [2.45, 2.75) is 45.6 Å². The molecule has 0 radical (unpaired) electrons. The highest BCUT2D eigenvalue weighted by atomic mass is 16.5. The molecule has 1 aromatic carbocycles. The zero-order valence-electron chi connectivity index (χ0n) is 16.0. The highest BCUT2D eigenvalue weighted by Crippen LogP contribution is 2.37. The van der Waals surface area contributed by atoms with Crippen LogP contribution in [0.15, 0.2) is 24.3 Å². The molecule has 0 atom stereocenters. The van der Waals surface area contributed by atoms with Crippen molar-refractivity contribution >= 4 is 5.78 Å². The molecule has 1 saturated carbocycles. The second-order valence-electron chi connectivity index (χ2n) is 6.80. The Balaban J connectivity index is 1.76. The highest BCUT2D eigenvalue weighted by Gasteiger charge is 2.24. The molecule has 1 aromatic heterocycles. The number of carbonyl (C=O) groups is 1. The standard InChI is InChI=1S/C21H27NO4/c1-14-12-17(15(2)22(14)16-8-5-6-9-16)18(23)13-26-20-11-7-10-19(24-3)21(20)25-4/h7,10-12,16H,5-6,8-9,13H2,1-4H3. The van der Waals surface area contributed by atoms with Crippen LogP contribution >= 0.6 is 0 Å². The molecule has 0 aliphatic heterocycles. The predicted octanol–water partition coefficient (Wildman–Crippen LogP) is 4.50. The molecule has 0 N–H and O–H groups in total. The van der Waals surface area contributed by atoms with Gasteiger partial charge in [0, 0.05) is 23.0 Å². The smallest absolute Gasteiger partial charge is 0.203 e. The number of hydrogen-bond donors (Lipinski definition) is 0. The number of carbonyl (C=O) groups excluding carboxylic acids is 1. The van der Waals surface area contributed by atoms with Crippen LogP contribution in [0.5, 0.6) is 17.2 Å². The van der Waals surface area contributed by atoms with E-state index in [1.54, 1.807) is 26.4 Å². The molecule has 1 aliphatic rings. The second-order valence-corrected chi connectivity index (χ2v) is 6.80. The normalized spacial score (nSPS) is 14.5. The number of ketones is 1. The van der Waals surface area contributed by atoms with Gasteiger partial charge in [0.15, 0.2) is 18.1 Å². The zero-order valence-corrected chi connectivity index (χ0v) is 16.0. The zero-order chi connectivity index (χ0) is 18.7. The van der Waals surface area contributed by atoms with Crippen LogP contribution in [0.1, 0.15) is 53.5 Å². The molecule has 140 valence electrons. The molecule has 1 fully saturated rings. The van der Waals surface area contributed by atoms with Crippen molar-refractivity contribution in [3.63, 3.8) is 0 Å². The van der Waals surface area contributed by atoms with E-state index in [1.165, 1.54) is 25.7 Å². The fraction of sp³-hybridized carbons (Fsp3) is 0.476. The van der Waals surface area contributed by atoms with E-state index >= 15 is 0 Å². The Morgan fingerprint density at radius 2 is 1.81 bits per heavy atom. The summed E-state index contributed by atoms with van der Waals surface area (Å²) in [7, 11) is 3.13. The van der Waals surface area contributed by atoms with Crippen molar-refractivity contribution in [2.24, 2.45) is 0 Å². The lowest BCUT2D eigenvalue weighted by molar-refractivity contribution is 0.0918. The van der Waals surface area contributed by atoms with Crippen LogP contribution in [-0.4, -0.2) is 31.2 Å². The first-order valence-corrected chi connectivity index (χ1v) is 9.12. The van der Waals surface area contributed by atoms with Crippen molar-refractivity contribution in [3.05, 3.63) is 41.2 Å². The van der Waals surface area contributed by atoms with Gasteiger partial charge in [-0.1, -0.05) is 18.9 Å². The summed E-state index contributed by atoms with van der Waals surface area (Å²) < 4.78 is 18.7. The third-order valence-electron chi connectivity index (χ3n) is 5.20. The summed E-state index contributed by atoms with van der Waals surface area (Å²) in [6.07, 6.45) is 4.93. The van der Waals surface area contributed by atoms with Gasteiger partial charge in [-0.3, -0.25) is 4.79 Å². The van der Waals surface area contributed by atoms with Crippen LogP contribution in [0.4, 0.5) is 0 Å². The van der Waals surface area contributed by atoms with Gasteiger partial charge in [0.05, 0.1) is 14.2 Å². The van der Waals surface area contributed by atoms with Gasteiger partial charge in [-0.2, -0.15) is 0 Å². The number of Topliss-reactive ketones (excluding diaryl/α,β-unsaturated/α-hetero) is 1. The number of rotatable bonds is 7. The fourth-order valence-corrected chi connectivity index (χ4v) is 3.98. The van der Waals surface area contributed by atoms with Crippen LogP contribution in [0.2, 0.25) is 0 Å². The van der Waals surface area contributed by atoms with Gasteiger partial charge in [0.25, 0.3) is 0 Å². The maximum Gasteiger partial charge on any atom is 0.203 e. The number of hydrogen-bond acceptors (Lipinski definition) is 4. The molecule has 2 aromatic rings. The van der Waals surface area contributed by atoms with E-state index in [-0.39, 0.29) is 12.4 Å². The molecule has 0 spiro atoms. The van der Waals surface area contributed by atoms with E-state index in [9.17, 15) is 4.79 Å². The van der Waals surface area contributed by atoms with Crippen molar-refractivity contribution in [2.75, 3.05) is 20.8 Å². The largest absolute Gasteiger partial charge is 0.493 e. The lowest BCUT2D eigenvalue weighted by Crippen LogP contribution is -2.14. The van der Waals surface area contributed by atoms with Crippen LogP contribution in [0, 0.1) is 13.8 Å². The van der Waals surface area contributed by atoms with Crippen LogP contribution in [-0.2, 0) is 0 Å². The quantitative estimate of drug-likeness (QED) is 0.685. The van der Waals surface area contributed by atoms with E-state index in [2.05, 4.69) is 11.5 Å². The molecule has 0 bridgehead atoms. The molecule has 5 nitrogen and oxygen atoms in total. The number of aryl methyl sites for hydroxylation is 1. The Morgan fingerprint density at radius 3 is 2.46 bits per heavy atom. The molecule has 0 saturated heterocycles. The minimum atomic E-state index is -0.0293. The summed E-state index contributed by atoms with van der Waals surface area (Å²) in [5.74, 6) is 1.56. The first-order valence-electron chi connectivity index (χ1n) is 9.12. The van der Waals surface area contributed by atoms with Crippen LogP contribution < -0.4 is 14.2 Å². The Morgan fingerprint density at radius 1 is 1.12 bits per heavy atom. The first kappa shape index (κ1) is 18.4. The van der Waals surface area contributed by atoms with Gasteiger partial charge in [0.2, 0.25) is 11.5 Å². The average Bonchev–Trinajstić information content (AvgIpc) is 3.26. The van der Waals surface area contributed by atoms with Gasteiger partial charge in [-0.15, -0.1) is 0 Å². The molecule has 0 amide bonds. The molecular weight excluding hydrogens is 330 g/mol. The minimum Gasteiger partial charge on any atom is -0.493 e. The summed E-state index contributed by atoms with van der Waals surface area (Å²) in [5, 5.41) is 0. The van der Waals surface area contributed by atoms with E-state index in [0.29, 0.717) is 23.3 Å². The lowest BCUT2D eigenvalue weighted by atomic mass is 10.1. The Bertz CT molecular complexity index is 788. The molecule has 3 rings (SSSR count). The van der Waals surface area contributed by atoms with E-state index in [1.807, 2.05) is 19.1 Å². The van der Waals surface area contributed by atoms with Crippen molar-refractivity contribution < 1.29 is 19.0 Å². The predicted molar refractivity (Wildman–Crippen MR) is 101 cm³/mol. The average molecular weight is 357 g/mol.